The van der Waals surface area contributed by atoms with E-state index in [0.29, 0.717) is 27.1 Å². The minimum absolute atomic E-state index is 0.0125. The van der Waals surface area contributed by atoms with Gasteiger partial charge in [-0.1, -0.05) is 43.1 Å². The quantitative estimate of drug-likeness (QED) is 0.411. The van der Waals surface area contributed by atoms with Gasteiger partial charge in [0.1, 0.15) is 6.04 Å². The maximum atomic E-state index is 15.2. The van der Waals surface area contributed by atoms with Gasteiger partial charge in [0.25, 0.3) is 5.92 Å². The third kappa shape index (κ3) is 5.42. The highest BCUT2D eigenvalue weighted by Gasteiger charge is 2.60. The lowest BCUT2D eigenvalue weighted by atomic mass is 9.79. The van der Waals surface area contributed by atoms with Crippen LogP contribution in [-0.2, 0) is 14.3 Å². The SMILES string of the molecule is COC(=O)C1=C(CN2CC(F)(F)C(C)(C)[C@@H]2CCC(=O)O)NC(c2nccs2)=N[C@H]1c1ccc(Cl)cc1Cl. The van der Waals surface area contributed by atoms with Gasteiger partial charge in [-0.3, -0.25) is 14.7 Å². The predicted octanol–water partition coefficient (Wildman–Crippen LogP) is 5.18. The van der Waals surface area contributed by atoms with Crippen molar-refractivity contribution in [1.29, 1.82) is 0 Å². The van der Waals surface area contributed by atoms with Crippen molar-refractivity contribution in [1.82, 2.24) is 15.2 Å². The minimum atomic E-state index is -3.10. The lowest BCUT2D eigenvalue weighted by Gasteiger charge is -2.35. The fourth-order valence-electron chi connectivity index (χ4n) is 4.91. The normalized spacial score (nSPS) is 22.7. The number of ether oxygens (including phenoxy) is 1. The molecule has 1 aromatic heterocycles. The van der Waals surface area contributed by atoms with Crippen LogP contribution in [0.25, 0.3) is 0 Å². The van der Waals surface area contributed by atoms with Gasteiger partial charge in [0.05, 0.1) is 19.2 Å². The fourth-order valence-corrected chi connectivity index (χ4v) is 6.01. The number of nitrogens with one attached hydrogen (secondary N) is 1. The molecular formula is C25H26Cl2F2N4O4S. The molecule has 2 atom stereocenters. The van der Waals surface area contributed by atoms with Crippen LogP contribution in [0.15, 0.2) is 46.0 Å². The first-order valence-electron chi connectivity index (χ1n) is 11.7. The smallest absolute Gasteiger partial charge is 0.338 e. The van der Waals surface area contributed by atoms with E-state index in [0.717, 1.165) is 0 Å². The molecule has 2 N–H and O–H groups in total. The number of aliphatic carboxylic acids is 1. The van der Waals surface area contributed by atoms with E-state index < -0.39 is 41.9 Å². The van der Waals surface area contributed by atoms with Crippen LogP contribution in [0.4, 0.5) is 8.78 Å². The topological polar surface area (TPSA) is 104 Å². The van der Waals surface area contributed by atoms with E-state index in [4.69, 9.17) is 32.9 Å². The molecule has 0 bridgehead atoms. The Bertz CT molecular complexity index is 1300. The number of nitrogens with zero attached hydrogens (tertiary/aromatic N) is 3. The van der Waals surface area contributed by atoms with E-state index in [1.54, 1.807) is 23.7 Å². The Kier molecular flexibility index (Phi) is 8.13. The average molecular weight is 587 g/mol. The maximum absolute atomic E-state index is 15.2. The van der Waals surface area contributed by atoms with Gasteiger partial charge in [0.2, 0.25) is 0 Å². The number of alkyl halides is 2. The monoisotopic (exact) mass is 586 g/mol. The van der Waals surface area contributed by atoms with Crippen LogP contribution in [0, 0.1) is 5.41 Å². The maximum Gasteiger partial charge on any atom is 0.338 e. The number of carboxylic acids is 1. The van der Waals surface area contributed by atoms with Gasteiger partial charge in [-0.25, -0.2) is 18.6 Å². The molecule has 1 saturated heterocycles. The summed E-state index contributed by atoms with van der Waals surface area (Å²) in [6, 6.07) is 3.08. The molecule has 2 aliphatic heterocycles. The van der Waals surface area contributed by atoms with Crippen LogP contribution in [0.3, 0.4) is 0 Å². The van der Waals surface area contributed by atoms with Crippen molar-refractivity contribution in [2.75, 3.05) is 20.2 Å². The van der Waals surface area contributed by atoms with Crippen molar-refractivity contribution in [3.63, 3.8) is 0 Å². The number of amidine groups is 1. The molecule has 3 heterocycles. The number of halogens is 4. The summed E-state index contributed by atoms with van der Waals surface area (Å²) in [5.74, 6) is -4.54. The molecule has 204 valence electrons. The van der Waals surface area contributed by atoms with Crippen LogP contribution in [0.2, 0.25) is 10.0 Å². The van der Waals surface area contributed by atoms with Gasteiger partial charge in [0, 0.05) is 57.3 Å². The van der Waals surface area contributed by atoms with Crippen LogP contribution in [0.5, 0.6) is 0 Å². The molecule has 38 heavy (non-hydrogen) atoms. The first kappa shape index (κ1) is 28.4. The standard InChI is InChI=1S/C25H26Cl2F2N4O4S/c1-24(2)17(6-7-18(34)35)33(12-25(24,28)29)11-16-19(23(36)37-3)20(14-5-4-13(26)10-15(14)27)32-21(31-16)22-30-8-9-38-22/h4-5,8-10,17,20H,6-7,11-12H2,1-3H3,(H,31,32)(H,34,35)/t17-,20-/m0/s1. The molecular weight excluding hydrogens is 561 g/mol. The van der Waals surface area contributed by atoms with Crippen molar-refractivity contribution in [3.05, 3.63) is 61.7 Å². The van der Waals surface area contributed by atoms with Crippen LogP contribution in [0.1, 0.15) is 43.3 Å². The molecule has 0 spiro atoms. The van der Waals surface area contributed by atoms with Gasteiger partial charge in [-0.05, 0) is 18.6 Å². The minimum Gasteiger partial charge on any atom is -0.481 e. The number of carboxylic acid groups (broad SMARTS) is 1. The highest BCUT2D eigenvalue weighted by Crippen LogP contribution is 2.49. The number of aliphatic imine (C=N–C) groups is 1. The molecule has 1 fully saturated rings. The fraction of sp³-hybridized carbons (Fsp3) is 0.440. The third-order valence-corrected chi connectivity index (χ3v) is 8.38. The second-order valence-electron chi connectivity index (χ2n) is 9.67. The number of aromatic nitrogens is 1. The summed E-state index contributed by atoms with van der Waals surface area (Å²) < 4.78 is 35.4. The number of likely N-dealkylation sites (tertiary alicyclic amines) is 1. The number of carbonyl (C=O) groups excluding carboxylic acids is 1. The number of rotatable bonds is 8. The highest BCUT2D eigenvalue weighted by molar-refractivity contribution is 7.11. The molecule has 8 nitrogen and oxygen atoms in total. The molecule has 13 heteroatoms. The number of thiazole rings is 1. The van der Waals surface area contributed by atoms with Gasteiger partial charge in [0.15, 0.2) is 10.8 Å². The molecule has 0 unspecified atom stereocenters. The highest BCUT2D eigenvalue weighted by atomic mass is 35.5. The lowest BCUT2D eigenvalue weighted by molar-refractivity contribution is -0.138. The van der Waals surface area contributed by atoms with Crippen LogP contribution >= 0.6 is 34.5 Å². The van der Waals surface area contributed by atoms with Crippen molar-refractivity contribution < 1.29 is 28.2 Å². The second-order valence-corrected chi connectivity index (χ2v) is 11.4. The summed E-state index contributed by atoms with van der Waals surface area (Å²) in [6.07, 6.45) is 1.34. The zero-order valence-electron chi connectivity index (χ0n) is 20.8. The van der Waals surface area contributed by atoms with E-state index >= 15 is 8.78 Å². The Balaban J connectivity index is 1.83. The molecule has 0 saturated carbocycles. The average Bonchev–Trinajstić information content (AvgIpc) is 3.42. The molecule has 2 aromatic rings. The zero-order chi connectivity index (χ0) is 27.8. The van der Waals surface area contributed by atoms with E-state index in [1.807, 2.05) is 0 Å². The summed E-state index contributed by atoms with van der Waals surface area (Å²) >= 11 is 13.9. The molecule has 2 aliphatic rings. The van der Waals surface area contributed by atoms with Gasteiger partial charge >= 0.3 is 11.9 Å². The Morgan fingerprint density at radius 3 is 2.66 bits per heavy atom. The number of esters is 1. The van der Waals surface area contributed by atoms with Crippen molar-refractivity contribution >= 4 is 52.3 Å². The van der Waals surface area contributed by atoms with Crippen molar-refractivity contribution in [3.8, 4) is 0 Å². The second kappa shape index (κ2) is 10.9. The zero-order valence-corrected chi connectivity index (χ0v) is 23.1. The number of carbonyl (C=O) groups is 2. The first-order chi connectivity index (χ1) is 17.9. The number of benzene rings is 1. The van der Waals surface area contributed by atoms with Gasteiger partial charge in [-0.15, -0.1) is 11.3 Å². The van der Waals surface area contributed by atoms with Gasteiger partial charge < -0.3 is 15.2 Å². The lowest BCUT2D eigenvalue weighted by Crippen LogP contribution is -2.44. The summed E-state index contributed by atoms with van der Waals surface area (Å²) in [7, 11) is 1.22. The molecule has 0 aliphatic carbocycles. The van der Waals surface area contributed by atoms with E-state index in [1.165, 1.54) is 43.3 Å². The predicted molar refractivity (Wildman–Crippen MR) is 141 cm³/mol. The van der Waals surface area contributed by atoms with Crippen molar-refractivity contribution in [2.24, 2.45) is 10.4 Å². The largest absolute Gasteiger partial charge is 0.481 e. The third-order valence-electron chi connectivity index (χ3n) is 7.03. The summed E-state index contributed by atoms with van der Waals surface area (Å²) in [6.45, 7) is 2.14. The Morgan fingerprint density at radius 1 is 1.32 bits per heavy atom. The Morgan fingerprint density at radius 2 is 2.05 bits per heavy atom. The van der Waals surface area contributed by atoms with Crippen LogP contribution in [-0.4, -0.2) is 64.9 Å². The van der Waals surface area contributed by atoms with Crippen LogP contribution < -0.4 is 5.32 Å². The van der Waals surface area contributed by atoms with Crippen molar-refractivity contribution in [2.45, 2.75) is 44.7 Å². The number of hydrogen-bond acceptors (Lipinski definition) is 8. The number of hydrogen-bond donors (Lipinski definition) is 2. The molecule has 0 amide bonds. The van der Waals surface area contributed by atoms with Gasteiger partial charge in [-0.2, -0.15) is 0 Å². The Hall–Kier alpha value is -2.60. The molecule has 0 radical (unpaired) electrons. The summed E-state index contributed by atoms with van der Waals surface area (Å²) in [5.41, 5.74) is -0.642. The summed E-state index contributed by atoms with van der Waals surface area (Å²) in [4.78, 5) is 35.0. The number of methoxy groups -OCH3 is 1. The summed E-state index contributed by atoms with van der Waals surface area (Å²) in [5, 5.41) is 15.3. The first-order valence-corrected chi connectivity index (χ1v) is 13.3. The molecule has 1 aromatic carbocycles. The Labute approximate surface area is 232 Å². The van der Waals surface area contributed by atoms with E-state index in [2.05, 4.69) is 10.3 Å². The van der Waals surface area contributed by atoms with E-state index in [9.17, 15) is 14.7 Å². The molecule has 4 rings (SSSR count). The van der Waals surface area contributed by atoms with E-state index in [-0.39, 0.29) is 30.0 Å².